The highest BCUT2D eigenvalue weighted by Crippen LogP contribution is 2.32. The van der Waals surface area contributed by atoms with Crippen LogP contribution in [0.1, 0.15) is 102 Å². The highest BCUT2D eigenvalue weighted by molar-refractivity contribution is 5.64. The summed E-state index contributed by atoms with van der Waals surface area (Å²) >= 11 is 0. The molecule has 0 saturated heterocycles. The van der Waals surface area contributed by atoms with Gasteiger partial charge in [-0.15, -0.1) is 0 Å². The summed E-state index contributed by atoms with van der Waals surface area (Å²) in [7, 11) is 0. The molecular formula is C31H42. The Balaban J connectivity index is 1.44. The molecule has 0 heterocycles. The molecule has 31 heavy (non-hydrogen) atoms. The van der Waals surface area contributed by atoms with Crippen LogP contribution >= 0.6 is 0 Å². The van der Waals surface area contributed by atoms with E-state index in [1.807, 2.05) is 0 Å². The van der Waals surface area contributed by atoms with Gasteiger partial charge in [0, 0.05) is 11.5 Å². The van der Waals surface area contributed by atoms with Crippen LogP contribution in [0.5, 0.6) is 0 Å². The molecule has 0 heteroatoms. The molecule has 0 aliphatic heterocycles. The number of aryl methyl sites for hydroxylation is 1. The number of rotatable bonds is 10. The molecular weight excluding hydrogens is 372 g/mol. The van der Waals surface area contributed by atoms with Crippen molar-refractivity contribution in [1.82, 2.24) is 0 Å². The molecule has 1 saturated carbocycles. The summed E-state index contributed by atoms with van der Waals surface area (Å²) in [6.07, 6.45) is 17.6. The van der Waals surface area contributed by atoms with E-state index >= 15 is 0 Å². The van der Waals surface area contributed by atoms with Gasteiger partial charge >= 0.3 is 0 Å². The van der Waals surface area contributed by atoms with Gasteiger partial charge in [0.1, 0.15) is 0 Å². The van der Waals surface area contributed by atoms with E-state index < -0.39 is 0 Å². The largest absolute Gasteiger partial charge is 0.0945 e. The first-order valence-corrected chi connectivity index (χ1v) is 13.0. The lowest BCUT2D eigenvalue weighted by molar-refractivity contribution is 0.294. The van der Waals surface area contributed by atoms with E-state index in [1.165, 1.54) is 100 Å². The normalized spacial score (nSPS) is 18.4. The maximum absolute atomic E-state index is 3.58. The Morgan fingerprint density at radius 2 is 1.29 bits per heavy atom. The third-order valence-electron chi connectivity index (χ3n) is 6.97. The first-order valence-electron chi connectivity index (χ1n) is 13.0. The second kappa shape index (κ2) is 13.4. The Morgan fingerprint density at radius 3 is 1.94 bits per heavy atom. The molecule has 0 aromatic heterocycles. The lowest BCUT2D eigenvalue weighted by atomic mass is 9.80. The Hall–Kier alpha value is -2.00. The van der Waals surface area contributed by atoms with Crippen molar-refractivity contribution in [3.63, 3.8) is 0 Å². The van der Waals surface area contributed by atoms with E-state index in [0.29, 0.717) is 5.92 Å². The van der Waals surface area contributed by atoms with E-state index in [1.54, 1.807) is 0 Å². The summed E-state index contributed by atoms with van der Waals surface area (Å²) in [6, 6.07) is 17.9. The van der Waals surface area contributed by atoms with Gasteiger partial charge in [0.15, 0.2) is 0 Å². The third kappa shape index (κ3) is 8.22. The number of hydrogen-bond acceptors (Lipinski definition) is 0. The van der Waals surface area contributed by atoms with Crippen LogP contribution in [-0.2, 0) is 6.42 Å². The first kappa shape index (κ1) is 23.7. The van der Waals surface area contributed by atoms with Gasteiger partial charge in [0.25, 0.3) is 0 Å². The van der Waals surface area contributed by atoms with Crippen LogP contribution in [0.15, 0.2) is 48.5 Å². The minimum atomic E-state index is 0.603. The zero-order valence-corrected chi connectivity index (χ0v) is 20.0. The van der Waals surface area contributed by atoms with Gasteiger partial charge in [-0.2, -0.15) is 0 Å². The summed E-state index contributed by atoms with van der Waals surface area (Å²) in [4.78, 5) is 0. The Bertz CT molecular complexity index is 792. The number of unbranched alkanes of at least 4 members (excludes halogenated alkanes) is 5. The molecule has 0 nitrogen and oxygen atoms in total. The van der Waals surface area contributed by atoms with E-state index in [2.05, 4.69) is 74.2 Å². The average molecular weight is 415 g/mol. The molecule has 0 bridgehead atoms. The third-order valence-corrected chi connectivity index (χ3v) is 6.97. The zero-order chi connectivity index (χ0) is 21.7. The molecule has 0 unspecified atom stereocenters. The zero-order valence-electron chi connectivity index (χ0n) is 20.0. The Morgan fingerprint density at radius 1 is 0.677 bits per heavy atom. The van der Waals surface area contributed by atoms with Crippen LogP contribution in [0.4, 0.5) is 0 Å². The minimum Gasteiger partial charge on any atom is -0.0945 e. The molecule has 1 aliphatic carbocycles. The predicted molar refractivity (Wildman–Crippen MR) is 136 cm³/mol. The lowest BCUT2D eigenvalue weighted by Crippen LogP contribution is -2.13. The van der Waals surface area contributed by atoms with E-state index in [9.17, 15) is 0 Å². The molecule has 0 atom stereocenters. The van der Waals surface area contributed by atoms with Crippen LogP contribution in [0.2, 0.25) is 0 Å². The molecule has 2 aromatic rings. The average Bonchev–Trinajstić information content (AvgIpc) is 2.83. The molecule has 0 amide bonds. The first-order chi connectivity index (χ1) is 15.3. The van der Waals surface area contributed by atoms with Gasteiger partial charge in [-0.05, 0) is 73.3 Å². The summed E-state index contributed by atoms with van der Waals surface area (Å²) in [5.74, 6) is 8.60. The van der Waals surface area contributed by atoms with Gasteiger partial charge in [-0.1, -0.05) is 107 Å². The molecule has 1 fully saturated rings. The van der Waals surface area contributed by atoms with Gasteiger partial charge in [0.2, 0.25) is 0 Å². The smallest absolute Gasteiger partial charge is 0.0245 e. The monoisotopic (exact) mass is 414 g/mol. The maximum Gasteiger partial charge on any atom is 0.0245 e. The van der Waals surface area contributed by atoms with Crippen LogP contribution in [-0.4, -0.2) is 0 Å². The van der Waals surface area contributed by atoms with Crippen molar-refractivity contribution in [3.8, 4) is 23.0 Å². The minimum absolute atomic E-state index is 0.603. The van der Waals surface area contributed by atoms with Gasteiger partial charge in [0.05, 0.1) is 0 Å². The number of hydrogen-bond donors (Lipinski definition) is 0. The van der Waals surface area contributed by atoms with Gasteiger partial charge in [-0.3, -0.25) is 0 Å². The van der Waals surface area contributed by atoms with Gasteiger partial charge < -0.3 is 0 Å². The lowest BCUT2D eigenvalue weighted by Gasteiger charge is -2.25. The summed E-state index contributed by atoms with van der Waals surface area (Å²) < 4.78 is 0. The predicted octanol–water partition coefficient (Wildman–Crippen LogP) is 9.21. The van der Waals surface area contributed by atoms with Crippen LogP contribution in [0.3, 0.4) is 0 Å². The van der Waals surface area contributed by atoms with E-state index in [4.69, 9.17) is 0 Å². The fourth-order valence-electron chi connectivity index (χ4n) is 4.81. The number of benzene rings is 2. The van der Waals surface area contributed by atoms with Crippen LogP contribution < -0.4 is 0 Å². The molecule has 0 spiro atoms. The topological polar surface area (TPSA) is 0 Å². The SMILES string of the molecule is CCCCCCCC1CCC(C#Cc2ccc(-c3ccc(CCCC)cc3)cc2)CC1. The molecule has 2 aromatic carbocycles. The standard InChI is InChI=1S/C31H42/c1-3-5-7-8-9-11-27-12-14-28(15-13-27)16-17-29-20-24-31(25-21-29)30-22-18-26(19-23-30)10-6-4-2/h18-25,27-28H,3-15H2,1-2H3. The van der Waals surface area contributed by atoms with E-state index in [0.717, 1.165) is 11.5 Å². The van der Waals surface area contributed by atoms with Crippen molar-refractivity contribution < 1.29 is 0 Å². The van der Waals surface area contributed by atoms with Crippen LogP contribution in [0, 0.1) is 23.7 Å². The van der Waals surface area contributed by atoms with Crippen molar-refractivity contribution >= 4 is 0 Å². The highest BCUT2D eigenvalue weighted by atomic mass is 14.2. The summed E-state index contributed by atoms with van der Waals surface area (Å²) in [5.41, 5.74) is 5.18. The molecule has 3 rings (SSSR count). The highest BCUT2D eigenvalue weighted by Gasteiger charge is 2.19. The van der Waals surface area contributed by atoms with Gasteiger partial charge in [-0.25, -0.2) is 0 Å². The quantitative estimate of drug-likeness (QED) is 0.268. The Kier molecular flexibility index (Phi) is 10.2. The molecule has 0 N–H and O–H groups in total. The van der Waals surface area contributed by atoms with E-state index in [-0.39, 0.29) is 0 Å². The fourth-order valence-corrected chi connectivity index (χ4v) is 4.81. The maximum atomic E-state index is 3.58. The van der Waals surface area contributed by atoms with Crippen molar-refractivity contribution in [1.29, 1.82) is 0 Å². The second-order valence-corrected chi connectivity index (χ2v) is 9.57. The molecule has 166 valence electrons. The van der Waals surface area contributed by atoms with Crippen LogP contribution in [0.25, 0.3) is 11.1 Å². The Labute approximate surface area is 191 Å². The van der Waals surface area contributed by atoms with Crippen molar-refractivity contribution in [3.05, 3.63) is 59.7 Å². The fraction of sp³-hybridized carbons (Fsp3) is 0.548. The van der Waals surface area contributed by atoms with Crippen molar-refractivity contribution in [2.75, 3.05) is 0 Å². The second-order valence-electron chi connectivity index (χ2n) is 9.57. The van der Waals surface area contributed by atoms with Crippen molar-refractivity contribution in [2.45, 2.75) is 97.3 Å². The summed E-state index contributed by atoms with van der Waals surface area (Å²) in [6.45, 7) is 4.55. The summed E-state index contributed by atoms with van der Waals surface area (Å²) in [5, 5.41) is 0. The molecule has 1 aliphatic rings. The van der Waals surface area contributed by atoms with Crippen molar-refractivity contribution in [2.24, 2.45) is 11.8 Å². The molecule has 0 radical (unpaired) electrons.